The Morgan fingerprint density at radius 3 is 2.37 bits per heavy atom. The molecular weight excluding hydrogens is 284 g/mol. The second kappa shape index (κ2) is 6.34. The van der Waals surface area contributed by atoms with E-state index in [0.717, 1.165) is 10.8 Å². The summed E-state index contributed by atoms with van der Waals surface area (Å²) in [6.07, 6.45) is 0. The Morgan fingerprint density at radius 2 is 1.74 bits per heavy atom. The molecule has 0 saturated carbocycles. The lowest BCUT2D eigenvalue weighted by Gasteiger charge is -2.19. The van der Waals surface area contributed by atoms with Gasteiger partial charge in [0, 0.05) is 11.9 Å². The van der Waals surface area contributed by atoms with Gasteiger partial charge in [0.1, 0.15) is 0 Å². The topological polar surface area (TPSA) is 49.4 Å². The van der Waals surface area contributed by atoms with Gasteiger partial charge in [-0.1, -0.05) is 36.4 Å². The van der Waals surface area contributed by atoms with Crippen LogP contribution in [0.1, 0.15) is 6.92 Å². The maximum Gasteiger partial charge on any atom is 0.256 e. The van der Waals surface area contributed by atoms with Gasteiger partial charge in [-0.15, -0.1) is 16.8 Å². The molecule has 4 nitrogen and oxygen atoms in total. The molecule has 0 unspecified atom stereocenters. The molecular formula is C13H17ClN2O2S. The Balaban J connectivity index is 0.00000180. The van der Waals surface area contributed by atoms with Crippen LogP contribution in [0.5, 0.6) is 0 Å². The summed E-state index contributed by atoms with van der Waals surface area (Å²) in [4.78, 5) is 0.330. The highest BCUT2D eigenvalue weighted by atomic mass is 35.5. The summed E-state index contributed by atoms with van der Waals surface area (Å²) < 4.78 is 26.2. The number of benzene rings is 2. The predicted octanol–water partition coefficient (Wildman–Crippen LogP) is 2.41. The number of rotatable bonds is 4. The van der Waals surface area contributed by atoms with Gasteiger partial charge >= 0.3 is 0 Å². The largest absolute Gasteiger partial charge is 0.256 e. The van der Waals surface area contributed by atoms with Gasteiger partial charge in [0.15, 0.2) is 0 Å². The first kappa shape index (κ1) is 15.9. The average Bonchev–Trinajstić information content (AvgIpc) is 2.39. The van der Waals surface area contributed by atoms with Gasteiger partial charge in [0.25, 0.3) is 10.0 Å². The van der Waals surface area contributed by atoms with Crippen molar-refractivity contribution in [3.63, 3.8) is 0 Å². The highest BCUT2D eigenvalue weighted by Gasteiger charge is 2.23. The van der Waals surface area contributed by atoms with Gasteiger partial charge in [-0.2, -0.15) is 0 Å². The summed E-state index contributed by atoms with van der Waals surface area (Å²) >= 11 is 0. The van der Waals surface area contributed by atoms with E-state index in [-0.39, 0.29) is 12.4 Å². The second-order valence-corrected chi connectivity index (χ2v) is 5.70. The van der Waals surface area contributed by atoms with Crippen molar-refractivity contribution in [3.8, 4) is 0 Å². The number of nitrogens with one attached hydrogen (secondary N) is 1. The number of nitrogens with zero attached hydrogens (tertiary/aromatic N) is 1. The van der Waals surface area contributed by atoms with Gasteiger partial charge in [-0.25, -0.2) is 13.8 Å². The second-order valence-electron chi connectivity index (χ2n) is 3.87. The fraction of sp³-hybridized carbons (Fsp3) is 0.231. The molecule has 0 saturated heterocycles. The molecule has 0 fully saturated rings. The Hall–Kier alpha value is -1.14. The van der Waals surface area contributed by atoms with Crippen molar-refractivity contribution < 1.29 is 8.42 Å². The molecule has 104 valence electrons. The maximum absolute atomic E-state index is 12.5. The van der Waals surface area contributed by atoms with Crippen molar-refractivity contribution in [3.05, 3.63) is 42.5 Å². The number of fused-ring (bicyclic) bond motifs is 1. The first-order chi connectivity index (χ1) is 8.61. The minimum absolute atomic E-state index is 0. The standard InChI is InChI=1S/C13H16N2O2S.ClH/c1-3-15(14-2)18(16,17)13-10-6-8-11-7-4-5-9-12(11)13;/h4-10,14H,3H2,1-2H3;1H. The van der Waals surface area contributed by atoms with Crippen LogP contribution >= 0.6 is 12.4 Å². The number of hydrogen-bond donors (Lipinski definition) is 1. The van der Waals surface area contributed by atoms with E-state index in [4.69, 9.17) is 0 Å². The van der Waals surface area contributed by atoms with Crippen LogP contribution in [-0.2, 0) is 10.0 Å². The van der Waals surface area contributed by atoms with Crippen LogP contribution in [0.15, 0.2) is 47.4 Å². The Bertz CT molecular complexity index is 649. The van der Waals surface area contributed by atoms with Crippen molar-refractivity contribution in [2.24, 2.45) is 0 Å². The molecule has 0 bridgehead atoms. The molecule has 19 heavy (non-hydrogen) atoms. The molecule has 6 heteroatoms. The number of sulfonamides is 1. The summed E-state index contributed by atoms with van der Waals surface area (Å²) in [7, 11) is -1.90. The van der Waals surface area contributed by atoms with E-state index in [1.54, 1.807) is 26.1 Å². The maximum atomic E-state index is 12.5. The van der Waals surface area contributed by atoms with E-state index in [1.807, 2.05) is 30.3 Å². The molecule has 0 aliphatic carbocycles. The quantitative estimate of drug-likeness (QED) is 0.882. The van der Waals surface area contributed by atoms with Crippen molar-refractivity contribution >= 4 is 33.2 Å². The van der Waals surface area contributed by atoms with Crippen molar-refractivity contribution in [1.29, 1.82) is 0 Å². The average molecular weight is 301 g/mol. The van der Waals surface area contributed by atoms with Crippen LogP contribution < -0.4 is 5.43 Å². The summed E-state index contributed by atoms with van der Waals surface area (Å²) in [5, 5.41) is 1.67. The monoisotopic (exact) mass is 300 g/mol. The molecule has 0 amide bonds. The third-order valence-corrected chi connectivity index (χ3v) is 4.79. The van der Waals surface area contributed by atoms with Gasteiger partial charge < -0.3 is 0 Å². The molecule has 0 radical (unpaired) electrons. The first-order valence-corrected chi connectivity index (χ1v) is 7.23. The number of hydrogen-bond acceptors (Lipinski definition) is 3. The molecule has 0 spiro atoms. The lowest BCUT2D eigenvalue weighted by Crippen LogP contribution is -2.40. The normalized spacial score (nSPS) is 11.5. The predicted molar refractivity (Wildman–Crippen MR) is 79.8 cm³/mol. The highest BCUT2D eigenvalue weighted by Crippen LogP contribution is 2.24. The van der Waals surface area contributed by atoms with E-state index in [9.17, 15) is 8.42 Å². The lowest BCUT2D eigenvalue weighted by molar-refractivity contribution is 0.360. The van der Waals surface area contributed by atoms with E-state index in [2.05, 4.69) is 5.43 Å². The van der Waals surface area contributed by atoms with Gasteiger partial charge in [-0.05, 0) is 25.4 Å². The van der Waals surface area contributed by atoms with E-state index in [0.29, 0.717) is 11.4 Å². The van der Waals surface area contributed by atoms with Crippen LogP contribution in [0, 0.1) is 0 Å². The number of halogens is 1. The Kier molecular flexibility index (Phi) is 5.31. The third kappa shape index (κ3) is 2.90. The summed E-state index contributed by atoms with van der Waals surface area (Å²) in [5.74, 6) is 0. The van der Waals surface area contributed by atoms with Crippen LogP contribution in [0.3, 0.4) is 0 Å². The zero-order valence-electron chi connectivity index (χ0n) is 10.8. The van der Waals surface area contributed by atoms with Gasteiger partial charge in [0.2, 0.25) is 0 Å². The number of hydrazine groups is 1. The van der Waals surface area contributed by atoms with Crippen LogP contribution in [0.4, 0.5) is 0 Å². The molecule has 0 heterocycles. The fourth-order valence-corrected chi connectivity index (χ4v) is 3.52. The molecule has 2 aromatic carbocycles. The van der Waals surface area contributed by atoms with E-state index in [1.165, 1.54) is 4.41 Å². The van der Waals surface area contributed by atoms with Crippen LogP contribution in [0.25, 0.3) is 10.8 Å². The highest BCUT2D eigenvalue weighted by molar-refractivity contribution is 7.89. The molecule has 1 N–H and O–H groups in total. The van der Waals surface area contributed by atoms with E-state index >= 15 is 0 Å². The van der Waals surface area contributed by atoms with Crippen molar-refractivity contribution in [2.75, 3.05) is 13.6 Å². The third-order valence-electron chi connectivity index (χ3n) is 2.85. The SMILES string of the molecule is CCN(NC)S(=O)(=O)c1cccc2ccccc12.Cl. The van der Waals surface area contributed by atoms with Crippen molar-refractivity contribution in [2.45, 2.75) is 11.8 Å². The summed E-state index contributed by atoms with van der Waals surface area (Å²) in [5.41, 5.74) is 2.70. The Morgan fingerprint density at radius 1 is 1.11 bits per heavy atom. The summed E-state index contributed by atoms with van der Waals surface area (Å²) in [6.45, 7) is 2.17. The minimum atomic E-state index is -3.51. The minimum Gasteiger partial charge on any atom is -0.244 e. The van der Waals surface area contributed by atoms with Gasteiger partial charge in [-0.3, -0.25) is 0 Å². The van der Waals surface area contributed by atoms with Crippen LogP contribution in [-0.4, -0.2) is 26.4 Å². The lowest BCUT2D eigenvalue weighted by atomic mass is 10.1. The molecule has 2 rings (SSSR count). The summed E-state index contributed by atoms with van der Waals surface area (Å²) in [6, 6.07) is 12.8. The molecule has 0 aromatic heterocycles. The zero-order chi connectivity index (χ0) is 13.2. The van der Waals surface area contributed by atoms with Crippen LogP contribution in [0.2, 0.25) is 0 Å². The molecule has 2 aromatic rings. The molecule has 0 atom stereocenters. The fourth-order valence-electron chi connectivity index (χ4n) is 1.99. The first-order valence-electron chi connectivity index (χ1n) is 5.79. The Labute approximate surface area is 119 Å². The molecule has 0 aliphatic heterocycles. The van der Waals surface area contributed by atoms with E-state index < -0.39 is 10.0 Å². The molecule has 0 aliphatic rings. The zero-order valence-corrected chi connectivity index (χ0v) is 12.5. The van der Waals surface area contributed by atoms with Gasteiger partial charge in [0.05, 0.1) is 4.90 Å². The van der Waals surface area contributed by atoms with Crippen molar-refractivity contribution in [1.82, 2.24) is 9.84 Å². The smallest absolute Gasteiger partial charge is 0.244 e.